The molecule has 0 spiro atoms. The first-order valence-corrected chi connectivity index (χ1v) is 9.80. The molecule has 4 rings (SSSR count). The van der Waals surface area contributed by atoms with E-state index < -0.39 is 16.1 Å². The first-order valence-electron chi connectivity index (χ1n) is 8.19. The molecule has 1 unspecified atom stereocenters. The quantitative estimate of drug-likeness (QED) is 0.893. The number of amidine groups is 1. The Morgan fingerprint density at radius 2 is 1.92 bits per heavy atom. The van der Waals surface area contributed by atoms with Crippen LogP contribution < -0.4 is 5.32 Å². The third-order valence-corrected chi connectivity index (χ3v) is 5.74. The van der Waals surface area contributed by atoms with Crippen LogP contribution in [0.15, 0.2) is 52.9 Å². The van der Waals surface area contributed by atoms with Gasteiger partial charge in [-0.25, -0.2) is 12.8 Å². The zero-order valence-corrected chi connectivity index (χ0v) is 14.3. The summed E-state index contributed by atoms with van der Waals surface area (Å²) in [4.78, 5) is 1.96. The fourth-order valence-corrected chi connectivity index (χ4v) is 4.36. The summed E-state index contributed by atoms with van der Waals surface area (Å²) in [6.45, 7) is 1.84. The molecule has 1 fully saturated rings. The summed E-state index contributed by atoms with van der Waals surface area (Å²) in [5.41, 5.74) is 2.01. The summed E-state index contributed by atoms with van der Waals surface area (Å²) >= 11 is 0. The highest BCUT2D eigenvalue weighted by Crippen LogP contribution is 2.28. The van der Waals surface area contributed by atoms with E-state index in [2.05, 4.69) is 9.71 Å². The monoisotopic (exact) mass is 359 g/mol. The number of rotatable bonds is 2. The Hall–Kier alpha value is -2.25. The van der Waals surface area contributed by atoms with E-state index in [1.807, 2.05) is 41.3 Å². The van der Waals surface area contributed by atoms with E-state index in [0.717, 1.165) is 5.56 Å². The zero-order chi connectivity index (χ0) is 17.4. The Balaban J connectivity index is 1.72. The summed E-state index contributed by atoms with van der Waals surface area (Å²) in [5.74, 6) is 0.163. The van der Waals surface area contributed by atoms with Crippen LogP contribution in [0.5, 0.6) is 0 Å². The number of hydrogen-bond donors (Lipinski definition) is 1. The Morgan fingerprint density at radius 1 is 1.12 bits per heavy atom. The van der Waals surface area contributed by atoms with Gasteiger partial charge in [0.1, 0.15) is 11.7 Å². The molecule has 1 atom stereocenters. The van der Waals surface area contributed by atoms with Crippen molar-refractivity contribution in [3.8, 4) is 11.1 Å². The molecule has 130 valence electrons. The number of fused-ring (bicyclic) bond motifs is 1. The largest absolute Gasteiger partial charge is 0.355 e. The molecule has 25 heavy (non-hydrogen) atoms. The van der Waals surface area contributed by atoms with Crippen molar-refractivity contribution in [3.63, 3.8) is 0 Å². The highest BCUT2D eigenvalue weighted by Gasteiger charge is 2.33. The minimum absolute atomic E-state index is 0.0323. The van der Waals surface area contributed by atoms with Gasteiger partial charge in [-0.2, -0.15) is 0 Å². The van der Waals surface area contributed by atoms with Crippen LogP contribution in [0.1, 0.15) is 11.6 Å². The number of nitrogens with zero attached hydrogens (tertiary/aromatic N) is 2. The molecule has 1 saturated heterocycles. The van der Waals surface area contributed by atoms with Gasteiger partial charge in [0, 0.05) is 25.2 Å². The normalized spacial score (nSPS) is 22.2. The lowest BCUT2D eigenvalue weighted by Gasteiger charge is -2.38. The van der Waals surface area contributed by atoms with Crippen LogP contribution >= 0.6 is 0 Å². The molecule has 0 aliphatic carbocycles. The van der Waals surface area contributed by atoms with Crippen molar-refractivity contribution in [2.75, 3.05) is 25.4 Å². The second-order valence-electron chi connectivity index (χ2n) is 6.22. The Bertz CT molecular complexity index is 929. The van der Waals surface area contributed by atoms with E-state index in [1.165, 1.54) is 6.07 Å². The van der Waals surface area contributed by atoms with Crippen molar-refractivity contribution < 1.29 is 12.8 Å². The Labute approximate surface area is 146 Å². The fourth-order valence-electron chi connectivity index (χ4n) is 3.31. The second-order valence-corrected chi connectivity index (χ2v) is 7.97. The van der Waals surface area contributed by atoms with E-state index in [4.69, 9.17) is 0 Å². The maximum absolute atomic E-state index is 14.7. The van der Waals surface area contributed by atoms with E-state index in [-0.39, 0.29) is 11.6 Å². The number of piperazine rings is 1. The van der Waals surface area contributed by atoms with Crippen molar-refractivity contribution in [1.29, 1.82) is 0 Å². The second kappa shape index (κ2) is 6.24. The van der Waals surface area contributed by atoms with Crippen molar-refractivity contribution in [2.45, 2.75) is 6.04 Å². The van der Waals surface area contributed by atoms with Gasteiger partial charge in [0.25, 0.3) is 10.0 Å². The molecule has 1 N–H and O–H groups in total. The van der Waals surface area contributed by atoms with Gasteiger partial charge in [-0.05, 0) is 17.2 Å². The third kappa shape index (κ3) is 3.17. The summed E-state index contributed by atoms with van der Waals surface area (Å²) in [7, 11) is -3.44. The topological polar surface area (TPSA) is 61.8 Å². The Kier molecular flexibility index (Phi) is 4.05. The molecule has 2 aromatic rings. The zero-order valence-electron chi connectivity index (χ0n) is 13.5. The van der Waals surface area contributed by atoms with E-state index >= 15 is 0 Å². The van der Waals surface area contributed by atoms with Crippen LogP contribution in [0, 0.1) is 5.82 Å². The van der Waals surface area contributed by atoms with Crippen LogP contribution in [0.3, 0.4) is 0 Å². The van der Waals surface area contributed by atoms with Crippen molar-refractivity contribution in [3.05, 3.63) is 59.9 Å². The lowest BCUT2D eigenvalue weighted by molar-refractivity contribution is 0.360. The average molecular weight is 359 g/mol. The smallest absolute Gasteiger partial charge is 0.256 e. The van der Waals surface area contributed by atoms with Gasteiger partial charge in [-0.1, -0.05) is 42.5 Å². The molecule has 7 heteroatoms. The number of halogens is 1. The maximum atomic E-state index is 14.7. The molecular formula is C18H18FN3O2S. The highest BCUT2D eigenvalue weighted by molar-refractivity contribution is 7.90. The summed E-state index contributed by atoms with van der Waals surface area (Å²) in [6.07, 6.45) is 0. The van der Waals surface area contributed by atoms with Crippen LogP contribution in [0.4, 0.5) is 4.39 Å². The fraction of sp³-hybridized carbons (Fsp3) is 0.278. The van der Waals surface area contributed by atoms with Crippen molar-refractivity contribution >= 4 is 15.9 Å². The standard InChI is InChI=1S/C18H18FN3O2S/c19-16-12-14(6-7-15(16)13-4-2-1-3-5-13)17-18-21-25(23,24)11-10-22(18)9-8-20-17/h1-7,12,17,20H,8-11H2. The predicted octanol–water partition coefficient (Wildman–Crippen LogP) is 2.18. The number of benzene rings is 2. The lowest BCUT2D eigenvalue weighted by atomic mass is 9.98. The summed E-state index contributed by atoms with van der Waals surface area (Å²) in [5, 5.41) is 3.26. The first kappa shape index (κ1) is 16.2. The SMILES string of the molecule is O=S1(=O)CCN2CCNC(c3ccc(-c4ccccc4)c(F)c3)C2=N1. The van der Waals surface area contributed by atoms with Crippen LogP contribution in [0.2, 0.25) is 0 Å². The van der Waals surface area contributed by atoms with E-state index in [9.17, 15) is 12.8 Å². The van der Waals surface area contributed by atoms with Gasteiger partial charge >= 0.3 is 0 Å². The van der Waals surface area contributed by atoms with E-state index in [1.54, 1.807) is 6.07 Å². The minimum atomic E-state index is -3.44. The van der Waals surface area contributed by atoms with Crippen molar-refractivity contribution in [1.82, 2.24) is 10.2 Å². The van der Waals surface area contributed by atoms with E-state index in [0.29, 0.717) is 36.6 Å². The molecule has 2 aliphatic rings. The van der Waals surface area contributed by atoms with Gasteiger partial charge in [0.15, 0.2) is 0 Å². The molecule has 0 radical (unpaired) electrons. The van der Waals surface area contributed by atoms with Gasteiger partial charge in [-0.15, -0.1) is 4.40 Å². The molecule has 0 amide bonds. The molecule has 5 nitrogen and oxygen atoms in total. The summed E-state index contributed by atoms with van der Waals surface area (Å²) in [6, 6.07) is 14.0. The summed E-state index contributed by atoms with van der Waals surface area (Å²) < 4.78 is 42.3. The number of hydrogen-bond acceptors (Lipinski definition) is 4. The molecule has 0 aromatic heterocycles. The first-order chi connectivity index (χ1) is 12.0. The number of sulfonamides is 1. The van der Waals surface area contributed by atoms with Gasteiger partial charge in [-0.3, -0.25) is 0 Å². The number of nitrogens with one attached hydrogen (secondary N) is 1. The molecule has 2 aliphatic heterocycles. The van der Waals surface area contributed by atoms with Crippen LogP contribution in [0.25, 0.3) is 11.1 Å². The lowest BCUT2D eigenvalue weighted by Crippen LogP contribution is -2.53. The van der Waals surface area contributed by atoms with Gasteiger partial charge < -0.3 is 10.2 Å². The van der Waals surface area contributed by atoms with Gasteiger partial charge in [0.2, 0.25) is 0 Å². The predicted molar refractivity (Wildman–Crippen MR) is 95.4 cm³/mol. The third-order valence-electron chi connectivity index (χ3n) is 4.58. The van der Waals surface area contributed by atoms with Crippen LogP contribution in [-0.2, 0) is 10.0 Å². The molecular weight excluding hydrogens is 341 g/mol. The Morgan fingerprint density at radius 3 is 2.68 bits per heavy atom. The van der Waals surface area contributed by atoms with Gasteiger partial charge in [0.05, 0.1) is 11.8 Å². The molecule has 2 aromatic carbocycles. The maximum Gasteiger partial charge on any atom is 0.256 e. The molecule has 0 saturated carbocycles. The van der Waals surface area contributed by atoms with Crippen LogP contribution in [-0.4, -0.2) is 44.5 Å². The molecule has 0 bridgehead atoms. The van der Waals surface area contributed by atoms with Crippen molar-refractivity contribution in [2.24, 2.45) is 4.40 Å². The minimum Gasteiger partial charge on any atom is -0.355 e. The molecule has 2 heterocycles. The highest BCUT2D eigenvalue weighted by atomic mass is 32.2. The average Bonchev–Trinajstić information content (AvgIpc) is 2.61.